The summed E-state index contributed by atoms with van der Waals surface area (Å²) in [5.41, 5.74) is -1.89. The lowest BCUT2D eigenvalue weighted by Crippen LogP contribution is -2.53. The van der Waals surface area contributed by atoms with Crippen LogP contribution in [0.5, 0.6) is 0 Å². The summed E-state index contributed by atoms with van der Waals surface area (Å²) in [6.45, 7) is 10.0. The lowest BCUT2D eigenvalue weighted by Gasteiger charge is -2.38. The maximum atomic E-state index is 10.2. The van der Waals surface area contributed by atoms with Gasteiger partial charge in [-0.05, 0) is 63.3 Å². The van der Waals surface area contributed by atoms with E-state index in [0.29, 0.717) is 11.0 Å². The van der Waals surface area contributed by atoms with Gasteiger partial charge in [-0.1, -0.05) is 0 Å². The zero-order valence-corrected chi connectivity index (χ0v) is 13.2. The topological polar surface area (TPSA) is 69.9 Å². The van der Waals surface area contributed by atoms with Crippen molar-refractivity contribution < 1.29 is 19.9 Å². The van der Waals surface area contributed by atoms with E-state index in [9.17, 15) is 15.2 Å². The molecule has 19 heavy (non-hydrogen) atoms. The Kier molecular flexibility index (Phi) is 4.54. The standard InChI is InChI=1S/C13H23BO4S/c1-11(2,15)9-7-19-8-10(9)14(17)18-13(5,6)12(3,4)16/h7-8,15-17H,1-6H3. The van der Waals surface area contributed by atoms with Crippen molar-refractivity contribution in [2.45, 2.75) is 58.3 Å². The van der Waals surface area contributed by atoms with Crippen molar-refractivity contribution in [1.82, 2.24) is 0 Å². The fourth-order valence-electron chi connectivity index (χ4n) is 1.48. The first-order valence-corrected chi connectivity index (χ1v) is 7.18. The molecule has 3 N–H and O–H groups in total. The Bertz CT molecular complexity index is 429. The summed E-state index contributed by atoms with van der Waals surface area (Å²) in [4.78, 5) is 0. The Morgan fingerprint density at radius 2 is 1.58 bits per heavy atom. The van der Waals surface area contributed by atoms with E-state index in [-0.39, 0.29) is 0 Å². The van der Waals surface area contributed by atoms with Crippen molar-refractivity contribution >= 4 is 23.9 Å². The second-order valence-electron chi connectivity index (χ2n) is 6.34. The summed E-state index contributed by atoms with van der Waals surface area (Å²) in [6.07, 6.45) is 0. The molecule has 0 aliphatic heterocycles. The Morgan fingerprint density at radius 3 is 2.00 bits per heavy atom. The molecule has 1 aromatic rings. The number of rotatable bonds is 5. The highest BCUT2D eigenvalue weighted by molar-refractivity contribution is 7.09. The first-order chi connectivity index (χ1) is 8.36. The molecule has 1 heterocycles. The third-order valence-corrected chi connectivity index (χ3v) is 4.26. The van der Waals surface area contributed by atoms with E-state index in [0.717, 1.165) is 0 Å². The van der Waals surface area contributed by atoms with Crippen LogP contribution in [0.2, 0.25) is 0 Å². The van der Waals surface area contributed by atoms with Crippen molar-refractivity contribution in [3.63, 3.8) is 0 Å². The molecule has 0 fully saturated rings. The Labute approximate surface area is 119 Å². The average molecular weight is 286 g/mol. The zero-order valence-electron chi connectivity index (χ0n) is 12.4. The predicted molar refractivity (Wildman–Crippen MR) is 78.6 cm³/mol. The minimum absolute atomic E-state index is 0.537. The first kappa shape index (κ1) is 16.7. The molecule has 1 aromatic heterocycles. The maximum absolute atomic E-state index is 10.2. The van der Waals surface area contributed by atoms with Crippen LogP contribution >= 0.6 is 11.3 Å². The van der Waals surface area contributed by atoms with Crippen molar-refractivity contribution in [2.24, 2.45) is 0 Å². The SMILES string of the molecule is CC(C)(O)c1cscc1B(O)OC(C)(C)C(C)(C)O. The molecule has 0 aliphatic carbocycles. The summed E-state index contributed by atoms with van der Waals surface area (Å²) in [7, 11) is -1.19. The molecule has 0 aromatic carbocycles. The molecule has 6 heteroatoms. The van der Waals surface area contributed by atoms with Crippen LogP contribution in [0.3, 0.4) is 0 Å². The van der Waals surface area contributed by atoms with Crippen LogP contribution in [0.4, 0.5) is 0 Å². The van der Waals surface area contributed by atoms with Crippen molar-refractivity contribution in [2.75, 3.05) is 0 Å². The number of thiophene rings is 1. The van der Waals surface area contributed by atoms with Gasteiger partial charge in [0.05, 0.1) is 16.8 Å². The van der Waals surface area contributed by atoms with Gasteiger partial charge in [-0.25, -0.2) is 0 Å². The molecule has 0 radical (unpaired) electrons. The van der Waals surface area contributed by atoms with Gasteiger partial charge in [0.25, 0.3) is 0 Å². The molecule has 1 rings (SSSR count). The summed E-state index contributed by atoms with van der Waals surface area (Å²) in [5.74, 6) is 0. The van der Waals surface area contributed by atoms with Crippen molar-refractivity contribution in [3.05, 3.63) is 16.3 Å². The summed E-state index contributed by atoms with van der Waals surface area (Å²) in [6, 6.07) is 0. The normalized spacial score (nSPS) is 13.7. The van der Waals surface area contributed by atoms with Crippen LogP contribution in [0.15, 0.2) is 10.8 Å². The molecular weight excluding hydrogens is 263 g/mol. The number of hydrogen-bond acceptors (Lipinski definition) is 5. The van der Waals surface area contributed by atoms with Gasteiger partial charge in [0.1, 0.15) is 0 Å². The van der Waals surface area contributed by atoms with Crippen LogP contribution in [-0.4, -0.2) is 33.6 Å². The largest absolute Gasteiger partial charge is 0.492 e. The molecule has 0 unspecified atom stereocenters. The number of aliphatic hydroxyl groups is 2. The van der Waals surface area contributed by atoms with Gasteiger partial charge in [0, 0.05) is 0 Å². The van der Waals surface area contributed by atoms with Crippen LogP contribution < -0.4 is 5.46 Å². The van der Waals surface area contributed by atoms with Crippen molar-refractivity contribution in [3.8, 4) is 0 Å². The molecule has 0 saturated carbocycles. The lowest BCUT2D eigenvalue weighted by atomic mass is 9.73. The predicted octanol–water partition coefficient (Wildman–Crippen LogP) is 1.23. The van der Waals surface area contributed by atoms with Gasteiger partial charge >= 0.3 is 7.12 Å². The molecule has 4 nitrogen and oxygen atoms in total. The highest BCUT2D eigenvalue weighted by Crippen LogP contribution is 2.27. The van der Waals surface area contributed by atoms with Crippen LogP contribution in [-0.2, 0) is 10.3 Å². The van der Waals surface area contributed by atoms with Crippen LogP contribution in [0.1, 0.15) is 47.1 Å². The van der Waals surface area contributed by atoms with E-state index in [4.69, 9.17) is 4.65 Å². The monoisotopic (exact) mass is 286 g/mol. The molecule has 0 aliphatic rings. The van der Waals surface area contributed by atoms with Gasteiger partial charge in [0.2, 0.25) is 0 Å². The second-order valence-corrected chi connectivity index (χ2v) is 7.08. The third-order valence-electron chi connectivity index (χ3n) is 3.50. The highest BCUT2D eigenvalue weighted by Gasteiger charge is 2.41. The minimum atomic E-state index is -1.19. The van der Waals surface area contributed by atoms with Crippen LogP contribution in [0, 0.1) is 0 Å². The maximum Gasteiger partial charge on any atom is 0.492 e. The number of hydrogen-bond donors (Lipinski definition) is 3. The Morgan fingerprint density at radius 1 is 1.05 bits per heavy atom. The molecule has 0 saturated heterocycles. The van der Waals surface area contributed by atoms with Crippen molar-refractivity contribution in [1.29, 1.82) is 0 Å². The van der Waals surface area contributed by atoms with Gasteiger partial charge in [-0.15, -0.1) is 0 Å². The van der Waals surface area contributed by atoms with E-state index in [1.165, 1.54) is 11.3 Å². The summed E-state index contributed by atoms with van der Waals surface area (Å²) < 4.78 is 5.58. The molecule has 0 atom stereocenters. The van der Waals surface area contributed by atoms with Gasteiger partial charge in [0.15, 0.2) is 0 Å². The van der Waals surface area contributed by atoms with Gasteiger partial charge in [-0.3, -0.25) is 0 Å². The van der Waals surface area contributed by atoms with Gasteiger partial charge in [-0.2, -0.15) is 11.3 Å². The van der Waals surface area contributed by atoms with Crippen LogP contribution in [0.25, 0.3) is 0 Å². The van der Waals surface area contributed by atoms with E-state index >= 15 is 0 Å². The fraction of sp³-hybridized carbons (Fsp3) is 0.692. The Balaban J connectivity index is 2.98. The highest BCUT2D eigenvalue weighted by atomic mass is 32.1. The molecule has 0 amide bonds. The summed E-state index contributed by atoms with van der Waals surface area (Å²) >= 11 is 1.39. The molecule has 0 spiro atoms. The van der Waals surface area contributed by atoms with E-state index < -0.39 is 23.9 Å². The van der Waals surface area contributed by atoms with E-state index in [2.05, 4.69) is 0 Å². The smallest absolute Gasteiger partial charge is 0.423 e. The second kappa shape index (κ2) is 5.18. The molecule has 0 bridgehead atoms. The first-order valence-electron chi connectivity index (χ1n) is 6.23. The quantitative estimate of drug-likeness (QED) is 0.712. The lowest BCUT2D eigenvalue weighted by molar-refractivity contribution is -0.0983. The molecule has 108 valence electrons. The fourth-order valence-corrected chi connectivity index (χ4v) is 2.50. The average Bonchev–Trinajstić information content (AvgIpc) is 2.61. The third kappa shape index (κ3) is 3.80. The molecular formula is C13H23BO4S. The zero-order chi connectivity index (χ0) is 15.1. The van der Waals surface area contributed by atoms with E-state index in [1.54, 1.807) is 52.3 Å². The van der Waals surface area contributed by atoms with Gasteiger partial charge < -0.3 is 19.9 Å². The Hall–Kier alpha value is -0.395. The van der Waals surface area contributed by atoms with E-state index in [1.807, 2.05) is 0 Å². The minimum Gasteiger partial charge on any atom is -0.423 e. The summed E-state index contributed by atoms with van der Waals surface area (Å²) in [5, 5.41) is 33.8.